The molecule has 1 aromatic heterocycles. The van der Waals surface area contributed by atoms with E-state index in [4.69, 9.17) is 4.74 Å². The van der Waals surface area contributed by atoms with Crippen molar-refractivity contribution >= 4 is 29.0 Å². The predicted octanol–water partition coefficient (Wildman–Crippen LogP) is 5.21. The highest BCUT2D eigenvalue weighted by Crippen LogP contribution is 2.40. The lowest BCUT2D eigenvalue weighted by molar-refractivity contribution is 0.0765. The topological polar surface area (TPSA) is 29.5 Å². The van der Waals surface area contributed by atoms with Crippen molar-refractivity contribution in [2.24, 2.45) is 0 Å². The highest BCUT2D eigenvalue weighted by Gasteiger charge is 2.31. The molecular formula is C21H19NO2S2. The molecule has 1 aliphatic heterocycles. The van der Waals surface area contributed by atoms with E-state index in [0.717, 1.165) is 34.1 Å². The number of thioether (sulfide) groups is 1. The first-order valence-corrected chi connectivity index (χ1v) is 10.5. The second kappa shape index (κ2) is 7.98. The first-order valence-electron chi connectivity index (χ1n) is 8.54. The molecule has 0 saturated carbocycles. The van der Waals surface area contributed by atoms with Crippen LogP contribution >= 0.6 is 23.1 Å². The van der Waals surface area contributed by atoms with E-state index in [1.165, 1.54) is 11.3 Å². The third kappa shape index (κ3) is 3.79. The Morgan fingerprint density at radius 2 is 1.96 bits per heavy atom. The van der Waals surface area contributed by atoms with E-state index in [-0.39, 0.29) is 11.3 Å². The maximum atomic E-state index is 12.8. The van der Waals surface area contributed by atoms with Gasteiger partial charge in [-0.05, 0) is 34.7 Å². The van der Waals surface area contributed by atoms with Crippen LogP contribution in [-0.4, -0.2) is 23.1 Å². The predicted molar refractivity (Wildman–Crippen MR) is 108 cm³/mol. The molecule has 5 heteroatoms. The van der Waals surface area contributed by atoms with Crippen LogP contribution in [0, 0.1) is 0 Å². The molecule has 26 heavy (non-hydrogen) atoms. The zero-order valence-corrected chi connectivity index (χ0v) is 15.8. The zero-order valence-electron chi connectivity index (χ0n) is 14.2. The van der Waals surface area contributed by atoms with Gasteiger partial charge < -0.3 is 9.64 Å². The highest BCUT2D eigenvalue weighted by atomic mass is 32.2. The zero-order chi connectivity index (χ0) is 17.8. The Morgan fingerprint density at radius 3 is 2.77 bits per heavy atom. The van der Waals surface area contributed by atoms with Gasteiger partial charge in [0.25, 0.3) is 5.91 Å². The van der Waals surface area contributed by atoms with Gasteiger partial charge in [0.2, 0.25) is 0 Å². The molecule has 0 bridgehead atoms. The molecule has 2 aromatic carbocycles. The number of amides is 1. The smallest absolute Gasteiger partial charge is 0.265 e. The number of rotatable bonds is 5. The fourth-order valence-electron chi connectivity index (χ4n) is 2.99. The summed E-state index contributed by atoms with van der Waals surface area (Å²) in [5.74, 6) is 1.91. The molecule has 1 fully saturated rings. The van der Waals surface area contributed by atoms with Gasteiger partial charge in [0.15, 0.2) is 0 Å². The minimum absolute atomic E-state index is 0.0462. The summed E-state index contributed by atoms with van der Waals surface area (Å²) in [6.45, 7) is 1.32. The molecule has 0 spiro atoms. The SMILES string of the molecule is O=C(c1cccs1)N1CCS[C@@H]1c1cccc(OCc2ccccc2)c1. The maximum absolute atomic E-state index is 12.8. The fraction of sp³-hybridized carbons (Fsp3) is 0.190. The molecule has 3 aromatic rings. The summed E-state index contributed by atoms with van der Waals surface area (Å²) < 4.78 is 5.95. The van der Waals surface area contributed by atoms with Gasteiger partial charge in [-0.15, -0.1) is 23.1 Å². The van der Waals surface area contributed by atoms with Crippen LogP contribution in [0.5, 0.6) is 5.75 Å². The second-order valence-corrected chi connectivity index (χ2v) is 8.18. The lowest BCUT2D eigenvalue weighted by Gasteiger charge is -2.24. The van der Waals surface area contributed by atoms with Gasteiger partial charge in [0.05, 0.1) is 4.88 Å². The monoisotopic (exact) mass is 381 g/mol. The van der Waals surface area contributed by atoms with Crippen molar-refractivity contribution in [2.75, 3.05) is 12.3 Å². The first kappa shape index (κ1) is 17.2. The van der Waals surface area contributed by atoms with E-state index in [2.05, 4.69) is 24.3 Å². The normalized spacial score (nSPS) is 16.6. The third-order valence-corrected chi connectivity index (χ3v) is 6.39. The molecule has 1 saturated heterocycles. The summed E-state index contributed by atoms with van der Waals surface area (Å²) in [4.78, 5) is 15.5. The Labute approximate surface area is 161 Å². The number of thiophene rings is 1. The Balaban J connectivity index is 1.49. The van der Waals surface area contributed by atoms with Gasteiger partial charge in [0, 0.05) is 12.3 Å². The molecule has 0 unspecified atom stereocenters. The molecule has 0 radical (unpaired) electrons. The van der Waals surface area contributed by atoms with Crippen LogP contribution in [0.15, 0.2) is 72.1 Å². The van der Waals surface area contributed by atoms with E-state index >= 15 is 0 Å². The molecule has 0 aliphatic carbocycles. The van der Waals surface area contributed by atoms with Crippen LogP contribution in [0.2, 0.25) is 0 Å². The van der Waals surface area contributed by atoms with Crippen LogP contribution in [0.1, 0.15) is 26.2 Å². The summed E-state index contributed by atoms with van der Waals surface area (Å²) >= 11 is 3.31. The van der Waals surface area contributed by atoms with Crippen molar-refractivity contribution in [3.05, 3.63) is 88.1 Å². The fourth-order valence-corrected chi connectivity index (χ4v) is 4.92. The molecule has 2 heterocycles. The molecule has 1 atom stereocenters. The minimum atomic E-state index is 0.0462. The van der Waals surface area contributed by atoms with Crippen LogP contribution in [0.4, 0.5) is 0 Å². The molecule has 1 amide bonds. The Kier molecular flexibility index (Phi) is 5.27. The number of hydrogen-bond donors (Lipinski definition) is 0. The average Bonchev–Trinajstić information content (AvgIpc) is 3.39. The highest BCUT2D eigenvalue weighted by molar-refractivity contribution is 7.99. The number of benzene rings is 2. The number of nitrogens with zero attached hydrogens (tertiary/aromatic N) is 1. The van der Waals surface area contributed by atoms with E-state index in [0.29, 0.717) is 6.61 Å². The minimum Gasteiger partial charge on any atom is -0.489 e. The summed E-state index contributed by atoms with van der Waals surface area (Å²) in [5.41, 5.74) is 2.26. The third-order valence-electron chi connectivity index (χ3n) is 4.28. The van der Waals surface area contributed by atoms with Gasteiger partial charge in [-0.25, -0.2) is 0 Å². The summed E-state index contributed by atoms with van der Waals surface area (Å²) in [6.07, 6.45) is 0. The number of ether oxygens (including phenoxy) is 1. The van der Waals surface area contributed by atoms with E-state index in [9.17, 15) is 4.79 Å². The quantitative estimate of drug-likeness (QED) is 0.607. The standard InChI is InChI=1S/C21H19NO2S2/c23-20(19-10-5-12-25-19)22-11-13-26-21(22)17-8-4-9-18(14-17)24-15-16-6-2-1-3-7-16/h1-10,12,14,21H,11,13,15H2/t21-/m1/s1. The average molecular weight is 382 g/mol. The molecule has 132 valence electrons. The lowest BCUT2D eigenvalue weighted by Crippen LogP contribution is -2.29. The van der Waals surface area contributed by atoms with Crippen LogP contribution < -0.4 is 4.74 Å². The van der Waals surface area contributed by atoms with Crippen LogP contribution in [0.25, 0.3) is 0 Å². The molecular weight excluding hydrogens is 362 g/mol. The summed E-state index contributed by atoms with van der Waals surface area (Å²) in [5, 5.41) is 1.99. The molecule has 1 aliphatic rings. The van der Waals surface area contributed by atoms with Gasteiger partial charge in [0.1, 0.15) is 17.7 Å². The van der Waals surface area contributed by atoms with Crippen LogP contribution in [-0.2, 0) is 6.61 Å². The Hall–Kier alpha value is -2.24. The largest absolute Gasteiger partial charge is 0.489 e. The maximum Gasteiger partial charge on any atom is 0.265 e. The van der Waals surface area contributed by atoms with Crippen molar-refractivity contribution in [1.29, 1.82) is 0 Å². The number of carbonyl (C=O) groups excluding carboxylic acids is 1. The van der Waals surface area contributed by atoms with Gasteiger partial charge in [-0.2, -0.15) is 0 Å². The van der Waals surface area contributed by atoms with Crippen molar-refractivity contribution in [2.45, 2.75) is 12.0 Å². The van der Waals surface area contributed by atoms with E-state index in [1.807, 2.05) is 52.7 Å². The van der Waals surface area contributed by atoms with E-state index in [1.54, 1.807) is 11.8 Å². The summed E-state index contributed by atoms with van der Waals surface area (Å²) in [6, 6.07) is 22.1. The molecule has 4 rings (SSSR count). The van der Waals surface area contributed by atoms with Crippen LogP contribution in [0.3, 0.4) is 0 Å². The van der Waals surface area contributed by atoms with Crippen molar-refractivity contribution in [3.8, 4) is 5.75 Å². The number of carbonyl (C=O) groups is 1. The first-order chi connectivity index (χ1) is 12.8. The van der Waals surface area contributed by atoms with Crippen molar-refractivity contribution < 1.29 is 9.53 Å². The van der Waals surface area contributed by atoms with Gasteiger partial charge >= 0.3 is 0 Å². The van der Waals surface area contributed by atoms with Crippen molar-refractivity contribution in [1.82, 2.24) is 4.90 Å². The second-order valence-electron chi connectivity index (χ2n) is 6.05. The van der Waals surface area contributed by atoms with Crippen molar-refractivity contribution in [3.63, 3.8) is 0 Å². The molecule has 0 N–H and O–H groups in total. The Morgan fingerprint density at radius 1 is 1.08 bits per heavy atom. The van der Waals surface area contributed by atoms with E-state index < -0.39 is 0 Å². The molecule has 3 nitrogen and oxygen atoms in total. The lowest BCUT2D eigenvalue weighted by atomic mass is 10.2. The Bertz CT molecular complexity index is 865. The van der Waals surface area contributed by atoms with Gasteiger partial charge in [-0.3, -0.25) is 4.79 Å². The van der Waals surface area contributed by atoms with Gasteiger partial charge in [-0.1, -0.05) is 48.5 Å². The summed E-state index contributed by atoms with van der Waals surface area (Å²) in [7, 11) is 0. The number of hydrogen-bond acceptors (Lipinski definition) is 4.